The molecule has 4 rings (SSSR count). The van der Waals surface area contributed by atoms with Gasteiger partial charge in [-0.1, -0.05) is 5.16 Å². The number of rotatable bonds is 9. The van der Waals surface area contributed by atoms with Crippen LogP contribution in [0.3, 0.4) is 0 Å². The summed E-state index contributed by atoms with van der Waals surface area (Å²) in [5, 5.41) is 3.52. The summed E-state index contributed by atoms with van der Waals surface area (Å²) in [5.74, 6) is -2.63. The van der Waals surface area contributed by atoms with Crippen LogP contribution in [-0.4, -0.2) is 102 Å². The van der Waals surface area contributed by atoms with E-state index in [-0.39, 0.29) is 31.5 Å². The van der Waals surface area contributed by atoms with E-state index in [2.05, 4.69) is 19.8 Å². The van der Waals surface area contributed by atoms with Crippen LogP contribution in [0.5, 0.6) is 5.75 Å². The number of amides is 3. The van der Waals surface area contributed by atoms with Crippen molar-refractivity contribution < 1.29 is 63.1 Å². The number of hydrogen-bond acceptors (Lipinski definition) is 8. The number of hydrogen-bond donors (Lipinski definition) is 0. The lowest BCUT2D eigenvalue weighted by molar-refractivity contribution is -0.340. The van der Waals surface area contributed by atoms with Crippen LogP contribution in [0.2, 0.25) is 0 Å². The van der Waals surface area contributed by atoms with Crippen LogP contribution >= 0.6 is 0 Å². The highest BCUT2D eigenvalue weighted by atomic mass is 19.4. The Morgan fingerprint density at radius 1 is 0.953 bits per heavy atom. The molecule has 2 aromatic rings. The van der Waals surface area contributed by atoms with Crippen molar-refractivity contribution >= 4 is 11.9 Å². The minimum absolute atomic E-state index is 0.206. The Labute approximate surface area is 237 Å². The van der Waals surface area contributed by atoms with Gasteiger partial charge in [-0.3, -0.25) is 14.6 Å². The zero-order valence-corrected chi connectivity index (χ0v) is 22.3. The minimum atomic E-state index is -5.87. The van der Waals surface area contributed by atoms with Crippen LogP contribution in [0.15, 0.2) is 22.7 Å². The van der Waals surface area contributed by atoms with Crippen LogP contribution in [0.4, 0.5) is 44.3 Å². The summed E-state index contributed by atoms with van der Waals surface area (Å²) >= 11 is 0. The molecule has 0 saturated carbocycles. The van der Waals surface area contributed by atoms with Gasteiger partial charge in [0.15, 0.2) is 5.41 Å². The molecule has 19 heteroatoms. The van der Waals surface area contributed by atoms with E-state index in [1.54, 1.807) is 0 Å². The topological polar surface area (TPSA) is 101 Å². The molecular formula is C24H24F9N5O5. The maximum atomic E-state index is 13.7. The van der Waals surface area contributed by atoms with Crippen molar-refractivity contribution in [3.8, 4) is 17.1 Å². The fourth-order valence-corrected chi connectivity index (χ4v) is 4.15. The number of nitrogens with zero attached hydrogens (tertiary/aromatic N) is 5. The Hall–Kier alpha value is -3.61. The Kier molecular flexibility index (Phi) is 8.88. The van der Waals surface area contributed by atoms with E-state index in [1.807, 2.05) is 0 Å². The molecule has 0 N–H and O–H groups in total. The highest BCUT2D eigenvalue weighted by Crippen LogP contribution is 2.50. The van der Waals surface area contributed by atoms with Crippen LogP contribution in [0, 0.1) is 5.41 Å². The molecule has 0 unspecified atom stereocenters. The maximum Gasteiger partial charge on any atom is 0.419 e. The zero-order chi connectivity index (χ0) is 31.8. The van der Waals surface area contributed by atoms with Gasteiger partial charge in [-0.25, -0.2) is 4.79 Å². The number of carbonyl (C=O) groups excluding carboxylic acids is 2. The van der Waals surface area contributed by atoms with Crippen molar-refractivity contribution in [1.82, 2.24) is 24.8 Å². The number of aromatic nitrogens is 2. The summed E-state index contributed by atoms with van der Waals surface area (Å²) in [7, 11) is 0. The summed E-state index contributed by atoms with van der Waals surface area (Å²) in [6, 6.07) is 1.13. The Morgan fingerprint density at radius 2 is 1.60 bits per heavy atom. The number of benzene rings is 1. The molecule has 43 heavy (non-hydrogen) atoms. The average molecular weight is 633 g/mol. The summed E-state index contributed by atoms with van der Waals surface area (Å²) in [6.45, 7) is 0.126. The first kappa shape index (κ1) is 32.3. The number of urea groups is 1. The maximum absolute atomic E-state index is 13.7. The monoisotopic (exact) mass is 633 g/mol. The molecule has 0 spiro atoms. The molecular weight excluding hydrogens is 609 g/mol. The molecule has 0 aliphatic carbocycles. The lowest BCUT2D eigenvalue weighted by Gasteiger charge is -2.33. The normalized spacial score (nSPS) is 17.7. The average Bonchev–Trinajstić information content (AvgIpc) is 3.49. The van der Waals surface area contributed by atoms with Crippen LogP contribution in [-0.2, 0) is 22.3 Å². The first-order valence-electron chi connectivity index (χ1n) is 12.6. The smallest absolute Gasteiger partial charge is 0.419 e. The molecule has 238 valence electrons. The predicted molar refractivity (Wildman–Crippen MR) is 125 cm³/mol. The summed E-state index contributed by atoms with van der Waals surface area (Å²) < 4.78 is 135. The number of alkyl halides is 9. The molecule has 0 radical (unpaired) electrons. The van der Waals surface area contributed by atoms with Gasteiger partial charge in [0.25, 0.3) is 5.91 Å². The Morgan fingerprint density at radius 3 is 2.21 bits per heavy atom. The largest absolute Gasteiger partial charge is 0.492 e. The highest BCUT2D eigenvalue weighted by molar-refractivity contribution is 6.01. The van der Waals surface area contributed by atoms with Crippen molar-refractivity contribution in [2.24, 2.45) is 5.41 Å². The van der Waals surface area contributed by atoms with Crippen molar-refractivity contribution in [3.63, 3.8) is 0 Å². The van der Waals surface area contributed by atoms with Gasteiger partial charge in [0.1, 0.15) is 25.4 Å². The van der Waals surface area contributed by atoms with Crippen molar-refractivity contribution in [3.05, 3.63) is 29.7 Å². The lowest BCUT2D eigenvalue weighted by Crippen LogP contribution is -2.51. The molecule has 3 amide bonds. The van der Waals surface area contributed by atoms with Crippen LogP contribution in [0.1, 0.15) is 18.4 Å². The molecule has 0 atom stereocenters. The van der Waals surface area contributed by atoms with E-state index >= 15 is 0 Å². The van der Waals surface area contributed by atoms with E-state index in [1.165, 1.54) is 4.90 Å². The molecule has 2 fully saturated rings. The third-order valence-electron chi connectivity index (χ3n) is 6.99. The number of ether oxygens (including phenoxy) is 2. The Balaban J connectivity index is 1.47. The standard InChI is InChI=1S/C24H24F9N5O5/c1-21(23(28,29)30,24(31,32)33)13-42-16-3-2-14(10-15(16)22(25,26)27)19-34-17(43-35-19)11-38-18(39)12-37(20(38)40)5-4-36-6-8-41-9-7-36/h2-3,10H,4-9,11-13H2,1H3. The summed E-state index contributed by atoms with van der Waals surface area (Å²) in [6.07, 6.45) is -17.0. The number of morpholine rings is 1. The van der Waals surface area contributed by atoms with Gasteiger partial charge in [0, 0.05) is 31.7 Å². The Bertz CT molecular complexity index is 1310. The van der Waals surface area contributed by atoms with Gasteiger partial charge in [0.2, 0.25) is 11.7 Å². The molecule has 3 heterocycles. The highest BCUT2D eigenvalue weighted by Gasteiger charge is 2.68. The second-order valence-electron chi connectivity index (χ2n) is 9.97. The zero-order valence-electron chi connectivity index (χ0n) is 22.3. The molecule has 2 aliphatic heterocycles. The predicted octanol–water partition coefficient (Wildman–Crippen LogP) is 4.36. The fourth-order valence-electron chi connectivity index (χ4n) is 4.15. The van der Waals surface area contributed by atoms with E-state index in [9.17, 15) is 49.1 Å². The van der Waals surface area contributed by atoms with Gasteiger partial charge in [0.05, 0.1) is 18.8 Å². The minimum Gasteiger partial charge on any atom is -0.492 e. The second-order valence-corrected chi connectivity index (χ2v) is 9.97. The van der Waals surface area contributed by atoms with Crippen molar-refractivity contribution in [2.75, 3.05) is 52.5 Å². The van der Waals surface area contributed by atoms with Gasteiger partial charge in [-0.2, -0.15) is 44.5 Å². The van der Waals surface area contributed by atoms with Crippen LogP contribution < -0.4 is 4.74 Å². The van der Waals surface area contributed by atoms with Crippen molar-refractivity contribution in [1.29, 1.82) is 0 Å². The third kappa shape index (κ3) is 6.97. The van der Waals surface area contributed by atoms with Crippen molar-refractivity contribution in [2.45, 2.75) is 32.0 Å². The van der Waals surface area contributed by atoms with Crippen LogP contribution in [0.25, 0.3) is 11.4 Å². The summed E-state index contributed by atoms with van der Waals surface area (Å²) in [5.41, 5.74) is -6.52. The second kappa shape index (κ2) is 11.8. The molecule has 0 bridgehead atoms. The van der Waals surface area contributed by atoms with Gasteiger partial charge >= 0.3 is 24.6 Å². The fraction of sp³-hybridized carbons (Fsp3) is 0.583. The van der Waals surface area contributed by atoms with Gasteiger partial charge in [-0.05, 0) is 25.1 Å². The first-order valence-corrected chi connectivity index (χ1v) is 12.6. The number of halogens is 9. The molecule has 10 nitrogen and oxygen atoms in total. The van der Waals surface area contributed by atoms with Gasteiger partial charge in [-0.15, -0.1) is 0 Å². The van der Waals surface area contributed by atoms with Gasteiger partial charge < -0.3 is 18.9 Å². The van der Waals surface area contributed by atoms with E-state index < -0.39 is 66.2 Å². The molecule has 1 aromatic carbocycles. The third-order valence-corrected chi connectivity index (χ3v) is 6.99. The molecule has 1 aromatic heterocycles. The number of carbonyl (C=O) groups is 2. The SMILES string of the molecule is CC(COc1ccc(-c2noc(CN3C(=O)CN(CCN4CCOCC4)C3=O)n2)cc1C(F)(F)F)(C(F)(F)F)C(F)(F)F. The van der Waals surface area contributed by atoms with E-state index in [0.717, 1.165) is 11.0 Å². The summed E-state index contributed by atoms with van der Waals surface area (Å²) in [4.78, 5) is 33.3. The quantitative estimate of drug-likeness (QED) is 0.297. The van der Waals surface area contributed by atoms with E-state index in [4.69, 9.17) is 9.26 Å². The molecule has 2 saturated heterocycles. The number of imide groups is 1. The molecule has 2 aliphatic rings. The van der Waals surface area contributed by atoms with E-state index in [0.29, 0.717) is 45.0 Å². The lowest BCUT2D eigenvalue weighted by atomic mass is 9.90. The first-order chi connectivity index (χ1) is 19.9.